The molecule has 0 saturated heterocycles. The summed E-state index contributed by atoms with van der Waals surface area (Å²) < 4.78 is 5.90. The van der Waals surface area contributed by atoms with Gasteiger partial charge in [0, 0.05) is 0 Å². The van der Waals surface area contributed by atoms with Gasteiger partial charge in [-0.05, 0) is 52.6 Å². The van der Waals surface area contributed by atoms with Crippen molar-refractivity contribution in [3.63, 3.8) is 0 Å². The molecule has 2 aliphatic rings. The van der Waals surface area contributed by atoms with Crippen LogP contribution >= 0.6 is 0 Å². The molecule has 30 heavy (non-hydrogen) atoms. The Bertz CT molecular complexity index is 602. The molecule has 0 atom stereocenters. The topological polar surface area (TPSA) is 6.48 Å². The molecule has 0 bridgehead atoms. The van der Waals surface area contributed by atoms with Crippen LogP contribution in [0, 0.1) is 0 Å². The molecule has 0 aromatic rings. The zero-order valence-corrected chi connectivity index (χ0v) is 24.1. The van der Waals surface area contributed by atoms with Gasteiger partial charge in [-0.25, -0.2) is 0 Å². The van der Waals surface area contributed by atoms with Crippen molar-refractivity contribution in [3.05, 3.63) is 21.3 Å². The average Bonchev–Trinajstić information content (AvgIpc) is 3.01. The van der Waals surface area contributed by atoms with E-state index in [2.05, 4.69) is 76.7 Å². The molecular formula is C24H50B2N2Si2. The second-order valence-corrected chi connectivity index (χ2v) is 19.7. The largest absolute Gasteiger partial charge is 0.358 e. The summed E-state index contributed by atoms with van der Waals surface area (Å²) in [5.41, 5.74) is 3.55. The summed E-state index contributed by atoms with van der Waals surface area (Å²) in [7, 11) is -2.76. The van der Waals surface area contributed by atoms with Crippen LogP contribution in [-0.4, -0.2) is 52.2 Å². The fourth-order valence-corrected chi connectivity index (χ4v) is 13.4. The van der Waals surface area contributed by atoms with E-state index in [0.29, 0.717) is 0 Å². The van der Waals surface area contributed by atoms with Crippen LogP contribution in [0.3, 0.4) is 0 Å². The highest BCUT2D eigenvalue weighted by Crippen LogP contribution is 2.38. The van der Waals surface area contributed by atoms with Crippen LogP contribution in [0.1, 0.15) is 80.1 Å². The highest BCUT2D eigenvalue weighted by atomic mass is 28.3. The highest BCUT2D eigenvalue weighted by molar-refractivity contribution is 6.96. The lowest BCUT2D eigenvalue weighted by Crippen LogP contribution is -2.52. The predicted octanol–water partition coefficient (Wildman–Crippen LogP) is 7.22. The Kier molecular flexibility index (Phi) is 9.37. The average molecular weight is 444 g/mol. The highest BCUT2D eigenvalue weighted by Gasteiger charge is 2.46. The van der Waals surface area contributed by atoms with Gasteiger partial charge >= 0.3 is 0 Å². The molecule has 0 fully saturated rings. The molecule has 170 valence electrons. The van der Waals surface area contributed by atoms with Gasteiger partial charge in [-0.2, -0.15) is 0 Å². The lowest BCUT2D eigenvalue weighted by molar-refractivity contribution is 0.521. The standard InChI is InChI=1S/C24H50B2N2Si2/c1-11-23-21(5)29(7,8)27(25(23)13-3)19-17-15-16-18-20-28-26(14-4)24(12-2)22(6)30(28,9)10/h11-20H2,1-10H3. The Morgan fingerprint density at radius 3 is 1.20 bits per heavy atom. The summed E-state index contributed by atoms with van der Waals surface area (Å²) in [5.74, 6) is 0. The van der Waals surface area contributed by atoms with Crippen molar-refractivity contribution < 1.29 is 0 Å². The minimum Gasteiger partial charge on any atom is -0.358 e. The molecule has 2 aliphatic heterocycles. The number of hydrogen-bond donors (Lipinski definition) is 0. The first-order chi connectivity index (χ1) is 14.1. The van der Waals surface area contributed by atoms with Gasteiger partial charge in [0.15, 0.2) is 0 Å². The third-order valence-electron chi connectivity index (χ3n) is 8.87. The Labute approximate surface area is 192 Å². The number of rotatable bonds is 11. The van der Waals surface area contributed by atoms with E-state index >= 15 is 0 Å². The number of hydrogen-bond acceptors (Lipinski definition) is 2. The van der Waals surface area contributed by atoms with Crippen molar-refractivity contribution in [1.29, 1.82) is 0 Å². The zero-order chi connectivity index (χ0) is 22.7. The van der Waals surface area contributed by atoms with Crippen LogP contribution in [0.25, 0.3) is 0 Å². The number of nitrogens with zero attached hydrogens (tertiary/aromatic N) is 2. The molecule has 6 heteroatoms. The van der Waals surface area contributed by atoms with Gasteiger partial charge in [0.1, 0.15) is 16.5 Å². The van der Waals surface area contributed by atoms with Gasteiger partial charge < -0.3 is 8.95 Å². The smallest absolute Gasteiger partial charge is 0.246 e. The van der Waals surface area contributed by atoms with Gasteiger partial charge in [-0.1, -0.05) is 101 Å². The maximum atomic E-state index is 2.95. The molecule has 0 radical (unpaired) electrons. The van der Waals surface area contributed by atoms with E-state index in [4.69, 9.17) is 0 Å². The van der Waals surface area contributed by atoms with Crippen LogP contribution in [0.4, 0.5) is 0 Å². The van der Waals surface area contributed by atoms with E-state index in [9.17, 15) is 0 Å². The number of allylic oxidation sites excluding steroid dienone is 4. The van der Waals surface area contributed by atoms with E-state index in [-0.39, 0.29) is 0 Å². The fourth-order valence-electron chi connectivity index (χ4n) is 6.60. The van der Waals surface area contributed by atoms with Crippen LogP contribution in [-0.2, 0) is 0 Å². The van der Waals surface area contributed by atoms with Gasteiger partial charge in [-0.15, -0.1) is 0 Å². The Morgan fingerprint density at radius 1 is 0.600 bits per heavy atom. The van der Waals surface area contributed by atoms with Crippen molar-refractivity contribution in [2.24, 2.45) is 0 Å². The van der Waals surface area contributed by atoms with Crippen molar-refractivity contribution >= 4 is 30.2 Å². The Morgan fingerprint density at radius 2 is 0.933 bits per heavy atom. The van der Waals surface area contributed by atoms with Crippen molar-refractivity contribution in [2.75, 3.05) is 13.1 Å². The van der Waals surface area contributed by atoms with E-state index in [1.807, 2.05) is 0 Å². The van der Waals surface area contributed by atoms with Crippen LogP contribution in [0.2, 0.25) is 38.8 Å². The molecular weight excluding hydrogens is 394 g/mol. The molecule has 0 N–H and O–H groups in total. The zero-order valence-electron chi connectivity index (χ0n) is 22.1. The molecule has 0 aliphatic carbocycles. The van der Waals surface area contributed by atoms with E-state index in [1.165, 1.54) is 64.3 Å². The third-order valence-corrected chi connectivity index (χ3v) is 17.1. The third kappa shape index (κ3) is 4.82. The molecule has 2 heterocycles. The van der Waals surface area contributed by atoms with Gasteiger partial charge in [0.05, 0.1) is 0 Å². The lowest BCUT2D eigenvalue weighted by Gasteiger charge is -2.36. The summed E-state index contributed by atoms with van der Waals surface area (Å²) in [6, 6.07) is 0. The molecule has 0 spiro atoms. The molecule has 2 nitrogen and oxygen atoms in total. The summed E-state index contributed by atoms with van der Waals surface area (Å²) >= 11 is 0. The second kappa shape index (κ2) is 10.7. The molecule has 0 aromatic heterocycles. The van der Waals surface area contributed by atoms with Crippen molar-refractivity contribution in [2.45, 2.75) is 119 Å². The number of unbranched alkanes of at least 4 members (excludes halogenated alkanes) is 3. The van der Waals surface area contributed by atoms with Crippen LogP contribution in [0.15, 0.2) is 21.3 Å². The van der Waals surface area contributed by atoms with Crippen LogP contribution < -0.4 is 0 Å². The summed E-state index contributed by atoms with van der Waals surface area (Å²) in [6.45, 7) is 28.8. The monoisotopic (exact) mass is 444 g/mol. The molecule has 0 amide bonds. The first-order valence-corrected chi connectivity index (χ1v) is 18.9. The van der Waals surface area contributed by atoms with E-state index in [1.54, 1.807) is 21.3 Å². The first kappa shape index (κ1) is 26.2. The SMILES string of the molecule is CCB1C(CC)=C(C)[Si](C)(C)N1CCCCCCN1B(CC)C(CC)=C(C)[Si]1(C)C. The van der Waals surface area contributed by atoms with Crippen molar-refractivity contribution in [3.8, 4) is 0 Å². The maximum Gasteiger partial charge on any atom is 0.246 e. The van der Waals surface area contributed by atoms with Crippen LogP contribution in [0.5, 0.6) is 0 Å². The fraction of sp³-hybridized carbons (Fsp3) is 0.833. The first-order valence-electron chi connectivity index (χ1n) is 13.0. The predicted molar refractivity (Wildman–Crippen MR) is 145 cm³/mol. The van der Waals surface area contributed by atoms with E-state index < -0.39 is 16.5 Å². The minimum atomic E-state index is -1.38. The second-order valence-electron chi connectivity index (χ2n) is 10.8. The maximum absolute atomic E-state index is 2.95. The summed E-state index contributed by atoms with van der Waals surface area (Å²) in [5, 5.41) is 3.55. The molecule has 0 aromatic carbocycles. The minimum absolute atomic E-state index is 0.736. The lowest BCUT2D eigenvalue weighted by atomic mass is 9.52. The summed E-state index contributed by atoms with van der Waals surface area (Å²) in [4.78, 5) is 0. The molecule has 2 rings (SSSR count). The Balaban J connectivity index is 1.83. The quantitative estimate of drug-likeness (QED) is 0.245. The summed E-state index contributed by atoms with van der Waals surface area (Å²) in [6.07, 6.45) is 10.6. The normalized spacial score (nSPS) is 22.2. The van der Waals surface area contributed by atoms with Gasteiger partial charge in [-0.3, -0.25) is 0 Å². The molecule has 0 saturated carbocycles. The van der Waals surface area contributed by atoms with Gasteiger partial charge in [0.2, 0.25) is 13.7 Å². The van der Waals surface area contributed by atoms with Crippen molar-refractivity contribution in [1.82, 2.24) is 8.95 Å². The molecule has 0 unspecified atom stereocenters. The Hall–Kier alpha value is -0.0364. The van der Waals surface area contributed by atoms with Gasteiger partial charge in [0.25, 0.3) is 0 Å². The van der Waals surface area contributed by atoms with E-state index in [0.717, 1.165) is 13.7 Å².